The van der Waals surface area contributed by atoms with Gasteiger partial charge in [-0.25, -0.2) is 4.39 Å². The molecule has 2 fully saturated rings. The fraction of sp³-hybridized carbons (Fsp3) is 0.625. The van der Waals surface area contributed by atoms with Gasteiger partial charge >= 0.3 is 0 Å². The van der Waals surface area contributed by atoms with Crippen LogP contribution in [0.15, 0.2) is 18.2 Å². The summed E-state index contributed by atoms with van der Waals surface area (Å²) in [5.74, 6) is -0.213. The number of halogens is 1. The van der Waals surface area contributed by atoms with Gasteiger partial charge in [0.25, 0.3) is 0 Å². The molecule has 4 rings (SSSR count). The van der Waals surface area contributed by atoms with Crippen LogP contribution < -0.4 is 5.73 Å². The van der Waals surface area contributed by atoms with Crippen LogP contribution in [0.3, 0.4) is 0 Å². The summed E-state index contributed by atoms with van der Waals surface area (Å²) in [5.41, 5.74) is 5.98. The molecule has 1 aromatic rings. The standard InChI is InChI=1S/C16H20FNO2/c17-13-3-1-2-12-11(13)6-7-16(12,19)15(9-18)8-10-4-5-14(15)20-10/h1-3,10,14,19H,4-9,18H2. The SMILES string of the molecule is NCC1(C2(O)CCc3c(F)cccc32)CC2CCC1O2. The lowest BCUT2D eigenvalue weighted by atomic mass is 9.61. The Morgan fingerprint density at radius 3 is 2.90 bits per heavy atom. The van der Waals surface area contributed by atoms with Gasteiger partial charge in [-0.05, 0) is 49.3 Å². The van der Waals surface area contributed by atoms with Crippen molar-refractivity contribution in [3.63, 3.8) is 0 Å². The Bertz CT molecular complexity index is 563. The molecule has 0 amide bonds. The van der Waals surface area contributed by atoms with Gasteiger partial charge in [-0.2, -0.15) is 0 Å². The molecule has 1 aromatic carbocycles. The number of rotatable bonds is 2. The largest absolute Gasteiger partial charge is 0.384 e. The molecule has 3 nitrogen and oxygen atoms in total. The second-order valence-electron chi connectivity index (χ2n) is 6.51. The van der Waals surface area contributed by atoms with Crippen LogP contribution in [-0.4, -0.2) is 23.9 Å². The molecule has 1 aliphatic carbocycles. The van der Waals surface area contributed by atoms with Crippen LogP contribution in [0.5, 0.6) is 0 Å². The van der Waals surface area contributed by atoms with E-state index >= 15 is 0 Å². The number of ether oxygens (including phenoxy) is 1. The minimum absolute atomic E-state index is 0.0108. The lowest BCUT2D eigenvalue weighted by molar-refractivity contribution is -0.116. The average Bonchev–Trinajstić information content (AvgIpc) is 3.14. The van der Waals surface area contributed by atoms with Crippen molar-refractivity contribution in [1.82, 2.24) is 0 Å². The minimum atomic E-state index is -1.04. The molecule has 108 valence electrons. The fourth-order valence-corrected chi connectivity index (χ4v) is 4.78. The quantitative estimate of drug-likeness (QED) is 0.867. The van der Waals surface area contributed by atoms with Gasteiger partial charge in [-0.15, -0.1) is 0 Å². The molecule has 2 bridgehead atoms. The molecule has 0 spiro atoms. The molecule has 3 N–H and O–H groups in total. The molecule has 4 atom stereocenters. The summed E-state index contributed by atoms with van der Waals surface area (Å²) in [6, 6.07) is 5.01. The molecule has 4 heteroatoms. The normalized spacial score (nSPS) is 42.1. The molecule has 2 aliphatic heterocycles. The summed E-state index contributed by atoms with van der Waals surface area (Å²) in [4.78, 5) is 0. The number of nitrogens with two attached hydrogens (primary N) is 1. The van der Waals surface area contributed by atoms with Gasteiger partial charge in [0.2, 0.25) is 0 Å². The lowest BCUT2D eigenvalue weighted by Crippen LogP contribution is -2.55. The number of hydrogen-bond donors (Lipinski definition) is 2. The van der Waals surface area contributed by atoms with E-state index in [2.05, 4.69) is 0 Å². The zero-order chi connectivity index (χ0) is 14.0. The fourth-order valence-electron chi connectivity index (χ4n) is 4.78. The third kappa shape index (κ3) is 1.35. The van der Waals surface area contributed by atoms with E-state index in [1.165, 1.54) is 6.07 Å². The highest BCUT2D eigenvalue weighted by Crippen LogP contribution is 2.60. The van der Waals surface area contributed by atoms with Crippen LogP contribution in [0.2, 0.25) is 0 Å². The zero-order valence-electron chi connectivity index (χ0n) is 11.4. The lowest BCUT2D eigenvalue weighted by Gasteiger charge is -2.46. The highest BCUT2D eigenvalue weighted by Gasteiger charge is 2.64. The first kappa shape index (κ1) is 12.7. The Balaban J connectivity index is 1.85. The second kappa shape index (κ2) is 4.03. The van der Waals surface area contributed by atoms with Crippen molar-refractivity contribution in [2.24, 2.45) is 11.1 Å². The van der Waals surface area contributed by atoms with Crippen LogP contribution in [0.1, 0.15) is 36.8 Å². The van der Waals surface area contributed by atoms with Crippen LogP contribution in [-0.2, 0) is 16.8 Å². The van der Waals surface area contributed by atoms with Gasteiger partial charge in [0, 0.05) is 12.0 Å². The molecule has 0 saturated carbocycles. The summed E-state index contributed by atoms with van der Waals surface area (Å²) in [6.45, 7) is 0.390. The van der Waals surface area contributed by atoms with Crippen LogP contribution >= 0.6 is 0 Å². The Morgan fingerprint density at radius 1 is 1.40 bits per heavy atom. The van der Waals surface area contributed by atoms with Crippen molar-refractivity contribution in [2.75, 3.05) is 6.54 Å². The van der Waals surface area contributed by atoms with E-state index in [1.54, 1.807) is 6.07 Å². The van der Waals surface area contributed by atoms with E-state index in [9.17, 15) is 9.50 Å². The van der Waals surface area contributed by atoms with E-state index < -0.39 is 11.0 Å². The average molecular weight is 277 g/mol. The topological polar surface area (TPSA) is 55.5 Å². The van der Waals surface area contributed by atoms with Gasteiger partial charge in [0.15, 0.2) is 0 Å². The van der Waals surface area contributed by atoms with E-state index in [-0.39, 0.29) is 18.0 Å². The number of fused-ring (bicyclic) bond motifs is 3. The maximum atomic E-state index is 14.0. The van der Waals surface area contributed by atoms with Crippen LogP contribution in [0.4, 0.5) is 4.39 Å². The minimum Gasteiger partial charge on any atom is -0.384 e. The highest BCUT2D eigenvalue weighted by molar-refractivity contribution is 5.41. The molecule has 2 saturated heterocycles. The smallest absolute Gasteiger partial charge is 0.126 e. The third-order valence-corrected chi connectivity index (χ3v) is 5.80. The molecular formula is C16H20FNO2. The van der Waals surface area contributed by atoms with E-state index in [4.69, 9.17) is 10.5 Å². The predicted octanol–water partition coefficient (Wildman–Crippen LogP) is 1.86. The first-order valence-corrected chi connectivity index (χ1v) is 7.46. The van der Waals surface area contributed by atoms with Gasteiger partial charge in [0.1, 0.15) is 5.82 Å². The Kier molecular flexibility index (Phi) is 2.57. The third-order valence-electron chi connectivity index (χ3n) is 5.80. The summed E-state index contributed by atoms with van der Waals surface area (Å²) >= 11 is 0. The summed E-state index contributed by atoms with van der Waals surface area (Å²) in [6.07, 6.45) is 4.15. The highest BCUT2D eigenvalue weighted by atomic mass is 19.1. The Labute approximate surface area is 117 Å². The molecule has 20 heavy (non-hydrogen) atoms. The maximum Gasteiger partial charge on any atom is 0.126 e. The Hall–Kier alpha value is -0.970. The summed E-state index contributed by atoms with van der Waals surface area (Å²) in [5, 5.41) is 11.4. The molecule has 4 unspecified atom stereocenters. The van der Waals surface area contributed by atoms with Crippen LogP contribution in [0, 0.1) is 11.2 Å². The molecule has 3 aliphatic rings. The van der Waals surface area contributed by atoms with Crippen molar-refractivity contribution >= 4 is 0 Å². The van der Waals surface area contributed by atoms with E-state index in [0.717, 1.165) is 24.8 Å². The van der Waals surface area contributed by atoms with E-state index in [0.29, 0.717) is 24.9 Å². The maximum absolute atomic E-state index is 14.0. The first-order valence-electron chi connectivity index (χ1n) is 7.46. The molecule has 0 radical (unpaired) electrons. The van der Waals surface area contributed by atoms with Gasteiger partial charge in [-0.1, -0.05) is 12.1 Å². The zero-order valence-corrected chi connectivity index (χ0v) is 11.4. The van der Waals surface area contributed by atoms with Gasteiger partial charge in [-0.3, -0.25) is 0 Å². The molecule has 2 heterocycles. The predicted molar refractivity (Wildman–Crippen MR) is 72.6 cm³/mol. The number of benzene rings is 1. The van der Waals surface area contributed by atoms with Crippen molar-refractivity contribution in [3.05, 3.63) is 35.1 Å². The van der Waals surface area contributed by atoms with Gasteiger partial charge in [0.05, 0.1) is 17.8 Å². The molecular weight excluding hydrogens is 257 g/mol. The second-order valence-corrected chi connectivity index (χ2v) is 6.51. The van der Waals surface area contributed by atoms with Crippen molar-refractivity contribution in [3.8, 4) is 0 Å². The summed E-state index contributed by atoms with van der Waals surface area (Å²) in [7, 11) is 0. The van der Waals surface area contributed by atoms with Crippen molar-refractivity contribution in [1.29, 1.82) is 0 Å². The number of hydrogen-bond acceptors (Lipinski definition) is 3. The Morgan fingerprint density at radius 2 is 2.25 bits per heavy atom. The van der Waals surface area contributed by atoms with Gasteiger partial charge < -0.3 is 15.6 Å². The van der Waals surface area contributed by atoms with E-state index in [1.807, 2.05) is 6.07 Å². The monoisotopic (exact) mass is 277 g/mol. The number of aliphatic hydroxyl groups is 1. The first-order chi connectivity index (χ1) is 9.61. The summed E-state index contributed by atoms with van der Waals surface area (Å²) < 4.78 is 19.9. The van der Waals surface area contributed by atoms with Crippen molar-refractivity contribution in [2.45, 2.75) is 49.9 Å². The molecule has 0 aromatic heterocycles. The van der Waals surface area contributed by atoms with Crippen LogP contribution in [0.25, 0.3) is 0 Å². The van der Waals surface area contributed by atoms with Crippen molar-refractivity contribution < 1.29 is 14.2 Å².